The van der Waals surface area contributed by atoms with Gasteiger partial charge in [0.15, 0.2) is 5.54 Å². The summed E-state index contributed by atoms with van der Waals surface area (Å²) in [7, 11) is -4.28. The minimum Gasteiger partial charge on any atom is -0.296 e. The van der Waals surface area contributed by atoms with Crippen LogP contribution in [0, 0.1) is 20.2 Å². The Labute approximate surface area is 144 Å². The van der Waals surface area contributed by atoms with Crippen molar-refractivity contribution in [3.8, 4) is 0 Å². The monoisotopic (exact) mass is 382 g/mol. The number of nitrogens with one attached hydrogen (secondary N) is 2. The second kappa shape index (κ2) is 8.01. The molecule has 10 nitrogen and oxygen atoms in total. The molecule has 0 spiro atoms. The second-order valence-corrected chi connectivity index (χ2v) is 7.37. The molecule has 24 heavy (non-hydrogen) atoms. The van der Waals surface area contributed by atoms with Crippen molar-refractivity contribution in [2.75, 3.05) is 6.54 Å². The van der Waals surface area contributed by atoms with Gasteiger partial charge in [0.25, 0.3) is 21.8 Å². The van der Waals surface area contributed by atoms with Crippen molar-refractivity contribution in [1.29, 1.82) is 0 Å². The van der Waals surface area contributed by atoms with Crippen LogP contribution in [-0.4, -0.2) is 36.4 Å². The minimum atomic E-state index is -4.28. The van der Waals surface area contributed by atoms with E-state index < -0.39 is 42.1 Å². The first-order chi connectivity index (χ1) is 11.2. The Morgan fingerprint density at radius 3 is 2.38 bits per heavy atom. The van der Waals surface area contributed by atoms with E-state index in [0.717, 1.165) is 12.2 Å². The van der Waals surface area contributed by atoms with Crippen LogP contribution in [0.3, 0.4) is 0 Å². The van der Waals surface area contributed by atoms with Crippen molar-refractivity contribution >= 4 is 21.8 Å². The van der Waals surface area contributed by atoms with Gasteiger partial charge < -0.3 is 0 Å². The molecule has 1 aliphatic rings. The van der Waals surface area contributed by atoms with Gasteiger partial charge in [0, 0.05) is 17.1 Å². The second-order valence-electron chi connectivity index (χ2n) is 5.27. The van der Waals surface area contributed by atoms with Gasteiger partial charge in [-0.15, -0.1) is 4.24 Å². The first kappa shape index (κ1) is 20.5. The predicted molar refractivity (Wildman–Crippen MR) is 87.8 cm³/mol. The highest BCUT2D eigenvalue weighted by molar-refractivity contribution is 7.94. The van der Waals surface area contributed by atoms with E-state index in [-0.39, 0.29) is 13.0 Å². The lowest BCUT2D eigenvalue weighted by molar-refractivity contribution is -0.533. The van der Waals surface area contributed by atoms with Crippen LogP contribution in [0.25, 0.3) is 0 Å². The van der Waals surface area contributed by atoms with Gasteiger partial charge in [-0.1, -0.05) is 26.7 Å². The number of nitrogens with zero attached hydrogens (tertiary/aromatic N) is 2. The van der Waals surface area contributed by atoms with Crippen LogP contribution < -0.4 is 9.56 Å². The van der Waals surface area contributed by atoms with Gasteiger partial charge in [0.2, 0.25) is 0 Å². The Balaban J connectivity index is 3.64. The maximum Gasteiger partial charge on any atom is 0.274 e. The summed E-state index contributed by atoms with van der Waals surface area (Å²) in [5.74, 6) is 0. The Hall–Kier alpha value is -1.56. The SMILES string of the molecule is CCCCC1(NCC)C([N+](=O)[O-])=CC(S(=O)(=O)NCl)=CC1[N+](=O)[O-]. The summed E-state index contributed by atoms with van der Waals surface area (Å²) in [5.41, 5.74) is -2.16. The van der Waals surface area contributed by atoms with Gasteiger partial charge in [0.1, 0.15) is 0 Å². The van der Waals surface area contributed by atoms with Gasteiger partial charge in [-0.2, -0.15) is 0 Å². The van der Waals surface area contributed by atoms with Crippen molar-refractivity contribution in [2.45, 2.75) is 44.7 Å². The van der Waals surface area contributed by atoms with E-state index in [1.54, 1.807) is 6.92 Å². The average molecular weight is 383 g/mol. The van der Waals surface area contributed by atoms with E-state index in [9.17, 15) is 28.6 Å². The zero-order valence-corrected chi connectivity index (χ0v) is 14.8. The van der Waals surface area contributed by atoms with Crippen LogP contribution in [-0.2, 0) is 10.0 Å². The maximum atomic E-state index is 11.9. The molecule has 136 valence electrons. The number of allylic oxidation sites excluding steroid dienone is 1. The number of likely N-dealkylation sites (N-methyl/N-ethyl adjacent to an activating group) is 1. The Morgan fingerprint density at radius 2 is 1.96 bits per heavy atom. The van der Waals surface area contributed by atoms with Crippen LogP contribution in [0.15, 0.2) is 22.8 Å². The van der Waals surface area contributed by atoms with E-state index in [4.69, 9.17) is 11.8 Å². The molecule has 0 bridgehead atoms. The molecule has 0 amide bonds. The first-order valence-corrected chi connectivity index (χ1v) is 9.11. The molecular weight excluding hydrogens is 364 g/mol. The van der Waals surface area contributed by atoms with Crippen LogP contribution in [0.5, 0.6) is 0 Å². The van der Waals surface area contributed by atoms with Gasteiger partial charge in [-0.25, -0.2) is 8.42 Å². The number of unbranched alkanes of at least 4 members (excludes halogenated alkanes) is 1. The normalized spacial score (nSPS) is 24.2. The van der Waals surface area contributed by atoms with Crippen LogP contribution in [0.4, 0.5) is 0 Å². The number of hydrogen-bond donors (Lipinski definition) is 2. The number of sulfonamides is 1. The standard InChI is InChI=1S/C12H19ClN4O6S/c1-3-5-6-12(14-4-2)10(16(18)19)7-9(24(22,23)15-13)8-11(12)17(20)21/h7-8,10,14-15H,3-6H2,1-2H3. The summed E-state index contributed by atoms with van der Waals surface area (Å²) in [5, 5.41) is 25.9. The summed E-state index contributed by atoms with van der Waals surface area (Å²) >= 11 is 5.13. The number of halogens is 1. The molecule has 0 saturated heterocycles. The molecule has 0 fully saturated rings. The molecule has 2 N–H and O–H groups in total. The highest BCUT2D eigenvalue weighted by atomic mass is 35.5. The van der Waals surface area contributed by atoms with E-state index in [0.29, 0.717) is 12.8 Å². The molecular formula is C12H19ClN4O6S. The fourth-order valence-corrected chi connectivity index (χ4v) is 3.69. The van der Waals surface area contributed by atoms with E-state index in [1.807, 2.05) is 6.92 Å². The smallest absolute Gasteiger partial charge is 0.274 e. The third-order valence-electron chi connectivity index (χ3n) is 3.82. The molecule has 0 aromatic carbocycles. The third kappa shape index (κ3) is 3.91. The largest absolute Gasteiger partial charge is 0.296 e. The lowest BCUT2D eigenvalue weighted by Crippen LogP contribution is -2.60. The van der Waals surface area contributed by atoms with Crippen LogP contribution in [0.2, 0.25) is 0 Å². The average Bonchev–Trinajstić information content (AvgIpc) is 2.52. The first-order valence-electron chi connectivity index (χ1n) is 7.25. The van der Waals surface area contributed by atoms with E-state index in [1.165, 1.54) is 4.24 Å². The molecule has 0 saturated carbocycles. The van der Waals surface area contributed by atoms with Crippen molar-refractivity contribution in [3.05, 3.63) is 43.0 Å². The topological polar surface area (TPSA) is 144 Å². The Morgan fingerprint density at radius 1 is 1.33 bits per heavy atom. The molecule has 0 heterocycles. The quantitative estimate of drug-likeness (QED) is 0.347. The van der Waals surface area contributed by atoms with Gasteiger partial charge in [-0.05, 0) is 24.7 Å². The summed E-state index contributed by atoms with van der Waals surface area (Å²) < 4.78 is 25.2. The molecule has 12 heteroatoms. The van der Waals surface area contributed by atoms with Crippen molar-refractivity contribution < 1.29 is 18.3 Å². The fraction of sp³-hybridized carbons (Fsp3) is 0.667. The molecule has 2 unspecified atom stereocenters. The fourth-order valence-electron chi connectivity index (χ4n) is 2.76. The number of rotatable bonds is 9. The Kier molecular flexibility index (Phi) is 6.84. The molecule has 1 rings (SSSR count). The molecule has 0 aliphatic heterocycles. The third-order valence-corrected chi connectivity index (χ3v) is 5.50. The molecule has 0 aromatic heterocycles. The van der Waals surface area contributed by atoms with Gasteiger partial charge >= 0.3 is 0 Å². The van der Waals surface area contributed by atoms with Crippen molar-refractivity contribution in [3.63, 3.8) is 0 Å². The zero-order chi connectivity index (χ0) is 18.5. The van der Waals surface area contributed by atoms with Crippen LogP contribution in [0.1, 0.15) is 33.1 Å². The van der Waals surface area contributed by atoms with E-state index >= 15 is 0 Å². The number of hydrogen-bond acceptors (Lipinski definition) is 7. The summed E-state index contributed by atoms with van der Waals surface area (Å²) in [6, 6.07) is -1.62. The summed E-state index contributed by atoms with van der Waals surface area (Å²) in [6.45, 7) is 3.75. The maximum absolute atomic E-state index is 11.9. The molecule has 1 aliphatic carbocycles. The highest BCUT2D eigenvalue weighted by Gasteiger charge is 2.56. The molecule has 2 atom stereocenters. The zero-order valence-electron chi connectivity index (χ0n) is 13.2. The lowest BCUT2D eigenvalue weighted by Gasteiger charge is -2.34. The van der Waals surface area contributed by atoms with Gasteiger partial charge in [0.05, 0.1) is 9.83 Å². The molecule has 0 aromatic rings. The lowest BCUT2D eigenvalue weighted by atomic mass is 9.79. The summed E-state index contributed by atoms with van der Waals surface area (Å²) in [6.07, 6.45) is 2.99. The summed E-state index contributed by atoms with van der Waals surface area (Å²) in [4.78, 5) is 21.0. The van der Waals surface area contributed by atoms with E-state index in [2.05, 4.69) is 5.32 Å². The minimum absolute atomic E-state index is 0.119. The predicted octanol–water partition coefficient (Wildman–Crippen LogP) is 1.30. The van der Waals surface area contributed by atoms with Crippen molar-refractivity contribution in [1.82, 2.24) is 9.56 Å². The van der Waals surface area contributed by atoms with Gasteiger partial charge in [-0.3, -0.25) is 25.5 Å². The highest BCUT2D eigenvalue weighted by Crippen LogP contribution is 2.36. The van der Waals surface area contributed by atoms with Crippen LogP contribution >= 0.6 is 11.8 Å². The van der Waals surface area contributed by atoms with Crippen molar-refractivity contribution in [2.24, 2.45) is 0 Å². The molecule has 0 radical (unpaired) electrons. The number of nitro groups is 2. The Bertz CT molecular complexity index is 677.